The molecule has 6 N–H and O–H groups in total. The van der Waals surface area contributed by atoms with Crippen LogP contribution in [0, 0.1) is 0 Å². The number of aryl methyl sites for hydroxylation is 4. The molecule has 0 aliphatic rings. The quantitative estimate of drug-likeness (QED) is 0.192. The Hall–Kier alpha value is -4.52. The number of rotatable bonds is 8. The first-order valence-corrected chi connectivity index (χ1v) is 11.1. The molecule has 7 heteroatoms. The molecule has 0 atom stereocenters. The molecule has 0 heterocycles. The van der Waals surface area contributed by atoms with Crippen LogP contribution in [0.15, 0.2) is 72.8 Å². The molecule has 0 aromatic heterocycles. The summed E-state index contributed by atoms with van der Waals surface area (Å²) < 4.78 is 5.79. The monoisotopic (exact) mass is 474 g/mol. The average Bonchev–Trinajstić information content (AvgIpc) is 2.83. The highest BCUT2D eigenvalue weighted by molar-refractivity contribution is 5.55. The van der Waals surface area contributed by atoms with Crippen LogP contribution in [0.5, 0.6) is 46.0 Å². The molecule has 0 spiro atoms. The van der Waals surface area contributed by atoms with Gasteiger partial charge in [-0.2, -0.15) is 0 Å². The maximum Gasteiger partial charge on any atom is 0.201 e. The lowest BCUT2D eigenvalue weighted by molar-refractivity contribution is 0.361. The second-order valence-corrected chi connectivity index (χ2v) is 8.36. The van der Waals surface area contributed by atoms with E-state index in [0.717, 1.165) is 16.7 Å². The van der Waals surface area contributed by atoms with Crippen LogP contribution in [0.4, 0.5) is 0 Å². The van der Waals surface area contributed by atoms with Crippen LogP contribution < -0.4 is 4.74 Å². The Morgan fingerprint density at radius 1 is 0.457 bits per heavy atom. The topological polar surface area (TPSA) is 131 Å². The Morgan fingerprint density at radius 3 is 1.71 bits per heavy atom. The summed E-state index contributed by atoms with van der Waals surface area (Å²) in [7, 11) is 0. The van der Waals surface area contributed by atoms with Crippen LogP contribution in [-0.2, 0) is 25.7 Å². The van der Waals surface area contributed by atoms with Gasteiger partial charge < -0.3 is 35.4 Å². The van der Waals surface area contributed by atoms with Crippen molar-refractivity contribution in [3.8, 4) is 46.0 Å². The number of phenols is 6. The fraction of sp³-hybridized carbons (Fsp3) is 0.143. The van der Waals surface area contributed by atoms with Gasteiger partial charge in [-0.15, -0.1) is 0 Å². The van der Waals surface area contributed by atoms with Crippen molar-refractivity contribution in [1.82, 2.24) is 0 Å². The van der Waals surface area contributed by atoms with Gasteiger partial charge in [0.1, 0.15) is 5.75 Å². The number of hydrogen-bond donors (Lipinski definition) is 6. The number of aromatic hydroxyl groups is 6. The predicted molar refractivity (Wildman–Crippen MR) is 131 cm³/mol. The molecule has 4 rings (SSSR count). The van der Waals surface area contributed by atoms with E-state index in [2.05, 4.69) is 0 Å². The van der Waals surface area contributed by atoms with Gasteiger partial charge in [0.25, 0.3) is 0 Å². The van der Waals surface area contributed by atoms with E-state index in [-0.39, 0.29) is 40.2 Å². The maximum atomic E-state index is 10.3. The van der Waals surface area contributed by atoms with Gasteiger partial charge in [-0.1, -0.05) is 24.3 Å². The Kier molecular flexibility index (Phi) is 6.87. The van der Waals surface area contributed by atoms with Gasteiger partial charge in [0.05, 0.1) is 0 Å². The molecule has 180 valence electrons. The fourth-order valence-corrected chi connectivity index (χ4v) is 3.80. The smallest absolute Gasteiger partial charge is 0.201 e. The predicted octanol–water partition coefficient (Wildman–Crippen LogP) is 5.28. The third kappa shape index (κ3) is 5.89. The second kappa shape index (κ2) is 10.2. The van der Waals surface area contributed by atoms with E-state index in [4.69, 9.17) is 4.74 Å². The van der Waals surface area contributed by atoms with Crippen molar-refractivity contribution >= 4 is 0 Å². The van der Waals surface area contributed by atoms with Crippen LogP contribution in [0.3, 0.4) is 0 Å². The van der Waals surface area contributed by atoms with Crippen LogP contribution in [0.2, 0.25) is 0 Å². The van der Waals surface area contributed by atoms with Gasteiger partial charge in [-0.25, -0.2) is 0 Å². The van der Waals surface area contributed by atoms with Gasteiger partial charge in [0.15, 0.2) is 34.5 Å². The molecular weight excluding hydrogens is 448 g/mol. The summed E-state index contributed by atoms with van der Waals surface area (Å²) in [5, 5.41) is 59.6. The molecule has 0 aliphatic carbocycles. The Morgan fingerprint density at radius 2 is 1.03 bits per heavy atom. The minimum atomic E-state index is -0.444. The standard InChI is InChI=1S/C28H26O7/c29-21-3-1-2-17(12-21)4-5-19-9-11-23(31)26(15-19)35-27-16-20(14-25(33)28(27)34)7-6-18-8-10-22(30)24(32)13-18/h1-3,8-16,29-34H,4-7H2. The number of ether oxygens (including phenoxy) is 1. The summed E-state index contributed by atoms with van der Waals surface area (Å²) in [4.78, 5) is 0. The van der Waals surface area contributed by atoms with E-state index in [0.29, 0.717) is 31.2 Å². The Balaban J connectivity index is 1.50. The lowest BCUT2D eigenvalue weighted by atomic mass is 10.0. The lowest BCUT2D eigenvalue weighted by Crippen LogP contribution is -1.95. The first-order chi connectivity index (χ1) is 16.8. The van der Waals surface area contributed by atoms with Gasteiger partial charge in [0, 0.05) is 0 Å². The zero-order valence-electron chi connectivity index (χ0n) is 18.8. The molecule has 0 saturated heterocycles. The molecule has 0 bridgehead atoms. The fourth-order valence-electron chi connectivity index (χ4n) is 3.80. The van der Waals surface area contributed by atoms with Crippen molar-refractivity contribution in [3.05, 3.63) is 95.1 Å². The molecule has 0 aliphatic heterocycles. The SMILES string of the molecule is Oc1cccc(CCc2ccc(O)c(Oc3cc(CCc4ccc(O)c(O)c4)cc(O)c3O)c2)c1. The Labute approximate surface area is 202 Å². The van der Waals surface area contributed by atoms with E-state index in [1.165, 1.54) is 24.3 Å². The highest BCUT2D eigenvalue weighted by Crippen LogP contribution is 2.42. The van der Waals surface area contributed by atoms with Gasteiger partial charge >= 0.3 is 0 Å². The molecular formula is C28H26O7. The second-order valence-electron chi connectivity index (χ2n) is 8.36. The van der Waals surface area contributed by atoms with Gasteiger partial charge in [0.2, 0.25) is 5.75 Å². The van der Waals surface area contributed by atoms with Crippen LogP contribution in [-0.4, -0.2) is 30.6 Å². The van der Waals surface area contributed by atoms with E-state index >= 15 is 0 Å². The van der Waals surface area contributed by atoms with E-state index in [9.17, 15) is 30.6 Å². The molecule has 0 amide bonds. The van der Waals surface area contributed by atoms with Gasteiger partial charge in [-0.05, 0) is 96.5 Å². The van der Waals surface area contributed by atoms with Gasteiger partial charge in [-0.3, -0.25) is 0 Å². The largest absolute Gasteiger partial charge is 0.508 e. The number of phenolic OH excluding ortho intramolecular Hbond substituents is 6. The lowest BCUT2D eigenvalue weighted by Gasteiger charge is -2.13. The molecule has 0 saturated carbocycles. The summed E-state index contributed by atoms with van der Waals surface area (Å²) in [6, 6.07) is 19.5. The zero-order chi connectivity index (χ0) is 24.9. The van der Waals surface area contributed by atoms with Crippen LogP contribution in [0.25, 0.3) is 0 Å². The summed E-state index contributed by atoms with van der Waals surface area (Å²) >= 11 is 0. The summed E-state index contributed by atoms with van der Waals surface area (Å²) in [5.41, 5.74) is 3.31. The minimum absolute atomic E-state index is 0.00557. The molecule has 35 heavy (non-hydrogen) atoms. The molecule has 7 nitrogen and oxygen atoms in total. The first kappa shape index (κ1) is 23.6. The molecule has 0 radical (unpaired) electrons. The molecule has 4 aromatic rings. The summed E-state index contributed by atoms with van der Waals surface area (Å²) in [6.07, 6.45) is 2.28. The molecule has 0 fully saturated rings. The van der Waals surface area contributed by atoms with E-state index < -0.39 is 5.75 Å². The van der Waals surface area contributed by atoms with Crippen molar-refractivity contribution < 1.29 is 35.4 Å². The van der Waals surface area contributed by atoms with E-state index in [1.807, 2.05) is 6.07 Å². The van der Waals surface area contributed by atoms with Crippen molar-refractivity contribution in [3.63, 3.8) is 0 Å². The van der Waals surface area contributed by atoms with Crippen molar-refractivity contribution in [2.24, 2.45) is 0 Å². The Bertz CT molecular complexity index is 1350. The number of hydrogen-bond acceptors (Lipinski definition) is 7. The third-order valence-electron chi connectivity index (χ3n) is 5.71. The van der Waals surface area contributed by atoms with Crippen LogP contribution in [0.1, 0.15) is 22.3 Å². The maximum absolute atomic E-state index is 10.3. The first-order valence-electron chi connectivity index (χ1n) is 11.1. The third-order valence-corrected chi connectivity index (χ3v) is 5.71. The normalized spacial score (nSPS) is 10.9. The van der Waals surface area contributed by atoms with Crippen molar-refractivity contribution in [2.45, 2.75) is 25.7 Å². The van der Waals surface area contributed by atoms with Crippen molar-refractivity contribution in [2.75, 3.05) is 0 Å². The zero-order valence-corrected chi connectivity index (χ0v) is 18.8. The molecule has 0 unspecified atom stereocenters. The van der Waals surface area contributed by atoms with Crippen LogP contribution >= 0.6 is 0 Å². The van der Waals surface area contributed by atoms with E-state index in [1.54, 1.807) is 42.5 Å². The minimum Gasteiger partial charge on any atom is -0.508 e. The number of benzene rings is 4. The summed E-state index contributed by atoms with van der Waals surface area (Å²) in [6.45, 7) is 0. The molecule has 4 aromatic carbocycles. The summed E-state index contributed by atoms with van der Waals surface area (Å²) in [5.74, 6) is -0.992. The van der Waals surface area contributed by atoms with Crippen molar-refractivity contribution in [1.29, 1.82) is 0 Å². The average molecular weight is 475 g/mol. The highest BCUT2D eigenvalue weighted by atomic mass is 16.5. The highest BCUT2D eigenvalue weighted by Gasteiger charge is 2.15.